The molecule has 1 aliphatic heterocycles. The largest absolute Gasteiger partial charge is 0.459 e. The van der Waals surface area contributed by atoms with Crippen molar-refractivity contribution in [3.05, 3.63) is 59.5 Å². The molecule has 3 amide bonds. The molecule has 1 N–H and O–H groups in total. The number of amides is 3. The van der Waals surface area contributed by atoms with E-state index < -0.39 is 0 Å². The number of nitrogens with zero attached hydrogens (tertiary/aromatic N) is 2. The zero-order valence-corrected chi connectivity index (χ0v) is 16.0. The minimum Gasteiger partial charge on any atom is -0.459 e. The number of unbranched alkanes of at least 4 members (excludes halogenated alkanes) is 1. The van der Waals surface area contributed by atoms with E-state index in [2.05, 4.69) is 12.2 Å². The van der Waals surface area contributed by atoms with Crippen LogP contribution in [0.2, 0.25) is 0 Å². The first-order valence-electron chi connectivity index (χ1n) is 9.60. The highest BCUT2D eigenvalue weighted by molar-refractivity contribution is 5.98. The number of hydrogen-bond acceptors (Lipinski definition) is 4. The van der Waals surface area contributed by atoms with E-state index in [1.165, 1.54) is 6.26 Å². The van der Waals surface area contributed by atoms with Gasteiger partial charge in [0.1, 0.15) is 0 Å². The number of nitrogens with one attached hydrogen (secondary N) is 1. The van der Waals surface area contributed by atoms with Crippen molar-refractivity contribution in [3.8, 4) is 0 Å². The fourth-order valence-electron chi connectivity index (χ4n) is 3.10. The molecule has 2 aromatic rings. The number of carbonyl (C=O) groups excluding carboxylic acids is 3. The molecule has 7 heteroatoms. The van der Waals surface area contributed by atoms with Crippen molar-refractivity contribution in [1.29, 1.82) is 0 Å². The van der Waals surface area contributed by atoms with Gasteiger partial charge in [-0.3, -0.25) is 14.4 Å². The molecule has 0 aliphatic carbocycles. The lowest BCUT2D eigenvalue weighted by Crippen LogP contribution is -2.50. The number of rotatable bonds is 6. The summed E-state index contributed by atoms with van der Waals surface area (Å²) in [6, 6.07) is 10.0. The lowest BCUT2D eigenvalue weighted by molar-refractivity contribution is 0.0518. The highest BCUT2D eigenvalue weighted by atomic mass is 16.3. The maximum Gasteiger partial charge on any atom is 0.289 e. The highest BCUT2D eigenvalue weighted by Crippen LogP contribution is 2.13. The van der Waals surface area contributed by atoms with E-state index in [1.54, 1.807) is 46.2 Å². The standard InChI is InChI=1S/C21H25N3O4/c1-2-3-10-22-19(25)16-6-8-17(9-7-16)20(26)23-11-13-24(14-12-23)21(27)18-5-4-15-28-18/h4-9,15H,2-3,10-14H2,1H3,(H,22,25). The van der Waals surface area contributed by atoms with Crippen LogP contribution in [0.4, 0.5) is 0 Å². The number of piperazine rings is 1. The number of carbonyl (C=O) groups is 3. The van der Waals surface area contributed by atoms with Crippen LogP contribution in [0, 0.1) is 0 Å². The molecule has 1 aromatic carbocycles. The smallest absolute Gasteiger partial charge is 0.289 e. The van der Waals surface area contributed by atoms with Gasteiger partial charge in [-0.1, -0.05) is 13.3 Å². The second-order valence-corrected chi connectivity index (χ2v) is 6.75. The van der Waals surface area contributed by atoms with Crippen molar-refractivity contribution < 1.29 is 18.8 Å². The molecule has 0 radical (unpaired) electrons. The normalized spacial score (nSPS) is 14.0. The lowest BCUT2D eigenvalue weighted by atomic mass is 10.1. The zero-order valence-electron chi connectivity index (χ0n) is 16.0. The molecule has 0 bridgehead atoms. The number of furan rings is 1. The third-order valence-corrected chi connectivity index (χ3v) is 4.80. The summed E-state index contributed by atoms with van der Waals surface area (Å²) in [5.41, 5.74) is 1.08. The SMILES string of the molecule is CCCCNC(=O)c1ccc(C(=O)N2CCN(C(=O)c3ccco3)CC2)cc1. The molecule has 3 rings (SSSR count). The van der Waals surface area contributed by atoms with Gasteiger partial charge in [0.25, 0.3) is 17.7 Å². The molecular formula is C21H25N3O4. The Balaban J connectivity index is 1.53. The van der Waals surface area contributed by atoms with Crippen LogP contribution in [0.3, 0.4) is 0 Å². The molecule has 1 fully saturated rings. The van der Waals surface area contributed by atoms with Gasteiger partial charge < -0.3 is 19.5 Å². The van der Waals surface area contributed by atoms with E-state index in [0.717, 1.165) is 12.8 Å². The third kappa shape index (κ3) is 4.60. The molecule has 1 aliphatic rings. The average Bonchev–Trinajstić information content (AvgIpc) is 3.28. The van der Waals surface area contributed by atoms with E-state index in [1.807, 2.05) is 0 Å². The second-order valence-electron chi connectivity index (χ2n) is 6.75. The summed E-state index contributed by atoms with van der Waals surface area (Å²) in [7, 11) is 0. The predicted octanol–water partition coefficient (Wildman–Crippen LogP) is 2.41. The Labute approximate surface area is 164 Å². The Morgan fingerprint density at radius 2 is 1.54 bits per heavy atom. The first kappa shape index (κ1) is 19.7. The third-order valence-electron chi connectivity index (χ3n) is 4.80. The van der Waals surface area contributed by atoms with Gasteiger partial charge in [-0.05, 0) is 42.8 Å². The maximum atomic E-state index is 12.7. The lowest BCUT2D eigenvalue weighted by Gasteiger charge is -2.34. The Morgan fingerprint density at radius 3 is 2.11 bits per heavy atom. The van der Waals surface area contributed by atoms with Crippen LogP contribution in [0.1, 0.15) is 51.0 Å². The molecule has 0 saturated carbocycles. The number of hydrogen-bond donors (Lipinski definition) is 1. The van der Waals surface area contributed by atoms with Crippen molar-refractivity contribution in [2.75, 3.05) is 32.7 Å². The van der Waals surface area contributed by atoms with E-state index >= 15 is 0 Å². The molecule has 2 heterocycles. The average molecular weight is 383 g/mol. The first-order chi connectivity index (χ1) is 13.6. The summed E-state index contributed by atoms with van der Waals surface area (Å²) in [6.07, 6.45) is 3.44. The Bertz CT molecular complexity index is 807. The van der Waals surface area contributed by atoms with E-state index in [4.69, 9.17) is 4.42 Å². The van der Waals surface area contributed by atoms with Crippen molar-refractivity contribution in [1.82, 2.24) is 15.1 Å². The van der Waals surface area contributed by atoms with Crippen LogP contribution < -0.4 is 5.32 Å². The van der Waals surface area contributed by atoms with Gasteiger partial charge in [0.2, 0.25) is 0 Å². The molecular weight excluding hydrogens is 358 g/mol. The van der Waals surface area contributed by atoms with Crippen molar-refractivity contribution >= 4 is 17.7 Å². The minimum atomic E-state index is -0.157. The monoisotopic (exact) mass is 383 g/mol. The van der Waals surface area contributed by atoms with Crippen LogP contribution in [-0.4, -0.2) is 60.2 Å². The van der Waals surface area contributed by atoms with Crippen molar-refractivity contribution in [2.45, 2.75) is 19.8 Å². The van der Waals surface area contributed by atoms with Gasteiger partial charge in [-0.2, -0.15) is 0 Å². The van der Waals surface area contributed by atoms with Crippen LogP contribution in [0.15, 0.2) is 47.1 Å². The Hall–Kier alpha value is -3.09. The molecule has 148 valence electrons. The Morgan fingerprint density at radius 1 is 0.929 bits per heavy atom. The molecule has 0 atom stereocenters. The van der Waals surface area contributed by atoms with Gasteiger partial charge in [0.15, 0.2) is 5.76 Å². The van der Waals surface area contributed by atoms with Crippen LogP contribution >= 0.6 is 0 Å². The molecule has 28 heavy (non-hydrogen) atoms. The van der Waals surface area contributed by atoms with Gasteiger partial charge in [-0.15, -0.1) is 0 Å². The Kier molecular flexibility index (Phi) is 6.47. The maximum absolute atomic E-state index is 12.7. The quantitative estimate of drug-likeness (QED) is 0.777. The molecule has 7 nitrogen and oxygen atoms in total. The van der Waals surface area contributed by atoms with E-state index in [-0.39, 0.29) is 17.7 Å². The van der Waals surface area contributed by atoms with Crippen molar-refractivity contribution in [3.63, 3.8) is 0 Å². The minimum absolute atomic E-state index is 0.0944. The summed E-state index contributed by atoms with van der Waals surface area (Å²) in [5, 5.41) is 2.86. The van der Waals surface area contributed by atoms with Gasteiger partial charge in [0.05, 0.1) is 6.26 Å². The highest BCUT2D eigenvalue weighted by Gasteiger charge is 2.26. The fraction of sp³-hybridized carbons (Fsp3) is 0.381. The summed E-state index contributed by atoms with van der Waals surface area (Å²) in [5.74, 6) is -0.0661. The van der Waals surface area contributed by atoms with E-state index in [9.17, 15) is 14.4 Å². The number of benzene rings is 1. The molecule has 0 unspecified atom stereocenters. The second kappa shape index (κ2) is 9.21. The van der Waals surface area contributed by atoms with Gasteiger partial charge in [-0.25, -0.2) is 0 Å². The van der Waals surface area contributed by atoms with Gasteiger partial charge in [0, 0.05) is 43.9 Å². The van der Waals surface area contributed by atoms with Gasteiger partial charge >= 0.3 is 0 Å². The van der Waals surface area contributed by atoms with Crippen molar-refractivity contribution in [2.24, 2.45) is 0 Å². The van der Waals surface area contributed by atoms with E-state index in [0.29, 0.717) is 49.6 Å². The molecule has 0 spiro atoms. The summed E-state index contributed by atoms with van der Waals surface area (Å²) >= 11 is 0. The molecule has 1 saturated heterocycles. The molecule has 1 aromatic heterocycles. The van der Waals surface area contributed by atoms with Crippen LogP contribution in [-0.2, 0) is 0 Å². The fourth-order valence-corrected chi connectivity index (χ4v) is 3.10. The zero-order chi connectivity index (χ0) is 19.9. The summed E-state index contributed by atoms with van der Waals surface area (Å²) < 4.78 is 5.15. The summed E-state index contributed by atoms with van der Waals surface area (Å²) in [4.78, 5) is 40.5. The summed E-state index contributed by atoms with van der Waals surface area (Å²) in [6.45, 7) is 4.57. The topological polar surface area (TPSA) is 82.9 Å². The van der Waals surface area contributed by atoms with Crippen LogP contribution in [0.5, 0.6) is 0 Å². The first-order valence-corrected chi connectivity index (χ1v) is 9.60. The van der Waals surface area contributed by atoms with Crippen LogP contribution in [0.25, 0.3) is 0 Å². The predicted molar refractivity (Wildman–Crippen MR) is 104 cm³/mol.